The lowest BCUT2D eigenvalue weighted by Crippen LogP contribution is -2.39. The van der Waals surface area contributed by atoms with Gasteiger partial charge in [-0.2, -0.15) is 5.10 Å². The molecule has 0 saturated heterocycles. The largest absolute Gasteiger partial charge is 0.394 e. The van der Waals surface area contributed by atoms with Gasteiger partial charge in [-0.3, -0.25) is 9.48 Å². The summed E-state index contributed by atoms with van der Waals surface area (Å²) < 4.78 is 1.81. The van der Waals surface area contributed by atoms with Gasteiger partial charge in [-0.1, -0.05) is 30.3 Å². The number of carbonyl (C=O) groups excluding carboxylic acids is 1. The maximum Gasteiger partial charge on any atom is 0.220 e. The molecule has 2 N–H and O–H groups in total. The molecule has 0 spiro atoms. The number of amides is 1. The molecule has 0 aliphatic carbocycles. The van der Waals surface area contributed by atoms with Crippen LogP contribution in [0.25, 0.3) is 0 Å². The minimum Gasteiger partial charge on any atom is -0.394 e. The highest BCUT2D eigenvalue weighted by Crippen LogP contribution is 2.03. The molecular formula is C16H21N3O2. The van der Waals surface area contributed by atoms with Crippen LogP contribution in [0.2, 0.25) is 0 Å². The number of aliphatic hydroxyl groups excluding tert-OH is 1. The lowest BCUT2D eigenvalue weighted by molar-refractivity contribution is -0.122. The number of aryl methyl sites for hydroxylation is 1. The molecule has 1 unspecified atom stereocenters. The number of hydrogen-bond acceptors (Lipinski definition) is 3. The van der Waals surface area contributed by atoms with Crippen LogP contribution in [0, 0.1) is 0 Å². The van der Waals surface area contributed by atoms with E-state index in [9.17, 15) is 9.90 Å². The van der Waals surface area contributed by atoms with Crippen LogP contribution < -0.4 is 5.32 Å². The first-order valence-corrected chi connectivity index (χ1v) is 7.19. The molecule has 1 atom stereocenters. The van der Waals surface area contributed by atoms with Crippen LogP contribution in [0.15, 0.2) is 48.8 Å². The standard InChI is InChI=1S/C16H21N3O2/c20-13-15(12-14-6-2-1-3-7-14)18-16(21)8-4-10-19-11-5-9-17-19/h1-3,5-7,9,11,15,20H,4,8,10,12-13H2,(H,18,21). The molecule has 5 heteroatoms. The number of rotatable bonds is 8. The van der Waals surface area contributed by atoms with Crippen LogP contribution in [0.5, 0.6) is 0 Å². The molecule has 112 valence electrons. The maximum absolute atomic E-state index is 11.9. The van der Waals surface area contributed by atoms with Crippen molar-refractivity contribution in [2.24, 2.45) is 0 Å². The van der Waals surface area contributed by atoms with E-state index in [1.807, 2.05) is 42.6 Å². The molecule has 0 bridgehead atoms. The summed E-state index contributed by atoms with van der Waals surface area (Å²) >= 11 is 0. The van der Waals surface area contributed by atoms with Crippen LogP contribution >= 0.6 is 0 Å². The second-order valence-electron chi connectivity index (χ2n) is 5.01. The van der Waals surface area contributed by atoms with Gasteiger partial charge in [-0.05, 0) is 24.5 Å². The van der Waals surface area contributed by atoms with Crippen molar-refractivity contribution in [2.75, 3.05) is 6.61 Å². The average molecular weight is 287 g/mol. The average Bonchev–Trinajstić information content (AvgIpc) is 3.01. The molecule has 0 aliphatic heterocycles. The van der Waals surface area contributed by atoms with Gasteiger partial charge >= 0.3 is 0 Å². The topological polar surface area (TPSA) is 67.2 Å². The molecule has 2 aromatic rings. The van der Waals surface area contributed by atoms with Crippen molar-refractivity contribution in [3.8, 4) is 0 Å². The van der Waals surface area contributed by atoms with Crippen molar-refractivity contribution in [3.63, 3.8) is 0 Å². The highest BCUT2D eigenvalue weighted by atomic mass is 16.3. The van der Waals surface area contributed by atoms with E-state index >= 15 is 0 Å². The fourth-order valence-electron chi connectivity index (χ4n) is 2.19. The zero-order chi connectivity index (χ0) is 14.9. The summed E-state index contributed by atoms with van der Waals surface area (Å²) in [6.45, 7) is 0.669. The second-order valence-corrected chi connectivity index (χ2v) is 5.01. The molecule has 21 heavy (non-hydrogen) atoms. The predicted molar refractivity (Wildman–Crippen MR) is 80.6 cm³/mol. The molecule has 0 radical (unpaired) electrons. The number of benzene rings is 1. The minimum atomic E-state index is -0.232. The van der Waals surface area contributed by atoms with Gasteiger partial charge in [0.25, 0.3) is 0 Å². The molecule has 0 fully saturated rings. The van der Waals surface area contributed by atoms with Gasteiger partial charge in [-0.25, -0.2) is 0 Å². The van der Waals surface area contributed by atoms with E-state index in [1.165, 1.54) is 0 Å². The zero-order valence-electron chi connectivity index (χ0n) is 12.0. The quantitative estimate of drug-likeness (QED) is 0.771. The lowest BCUT2D eigenvalue weighted by Gasteiger charge is -2.16. The Kier molecular flexibility index (Phi) is 5.97. The Morgan fingerprint density at radius 1 is 1.29 bits per heavy atom. The van der Waals surface area contributed by atoms with E-state index < -0.39 is 0 Å². The van der Waals surface area contributed by atoms with Gasteiger partial charge < -0.3 is 10.4 Å². The molecule has 5 nitrogen and oxygen atoms in total. The fraction of sp³-hybridized carbons (Fsp3) is 0.375. The van der Waals surface area contributed by atoms with Crippen molar-refractivity contribution in [2.45, 2.75) is 31.8 Å². The van der Waals surface area contributed by atoms with Gasteiger partial charge in [0, 0.05) is 25.4 Å². The Balaban J connectivity index is 1.72. The first-order chi connectivity index (χ1) is 10.3. The number of nitrogens with one attached hydrogen (secondary N) is 1. The first-order valence-electron chi connectivity index (χ1n) is 7.19. The number of hydrogen-bond donors (Lipinski definition) is 2. The second kappa shape index (κ2) is 8.21. The van der Waals surface area contributed by atoms with E-state index in [-0.39, 0.29) is 18.6 Å². The molecule has 1 aromatic heterocycles. The van der Waals surface area contributed by atoms with Crippen LogP contribution in [-0.2, 0) is 17.8 Å². The van der Waals surface area contributed by atoms with Crippen molar-refractivity contribution in [1.82, 2.24) is 15.1 Å². The zero-order valence-corrected chi connectivity index (χ0v) is 12.0. The molecule has 1 aromatic carbocycles. The summed E-state index contributed by atoms with van der Waals surface area (Å²) in [4.78, 5) is 11.9. The van der Waals surface area contributed by atoms with Crippen LogP contribution in [0.4, 0.5) is 0 Å². The summed E-state index contributed by atoms with van der Waals surface area (Å²) in [6, 6.07) is 11.5. The van der Waals surface area contributed by atoms with Crippen molar-refractivity contribution in [3.05, 3.63) is 54.4 Å². The van der Waals surface area contributed by atoms with Crippen molar-refractivity contribution >= 4 is 5.91 Å². The minimum absolute atomic E-state index is 0.0304. The third-order valence-corrected chi connectivity index (χ3v) is 3.26. The Labute approximate surface area is 124 Å². The van der Waals surface area contributed by atoms with Gasteiger partial charge in [0.1, 0.15) is 0 Å². The molecule has 0 saturated carbocycles. The van der Waals surface area contributed by atoms with E-state index in [0.29, 0.717) is 12.8 Å². The van der Waals surface area contributed by atoms with Crippen LogP contribution in [0.3, 0.4) is 0 Å². The maximum atomic E-state index is 11.9. The van der Waals surface area contributed by atoms with Crippen molar-refractivity contribution < 1.29 is 9.90 Å². The van der Waals surface area contributed by atoms with Crippen LogP contribution in [-0.4, -0.2) is 33.4 Å². The monoisotopic (exact) mass is 287 g/mol. The Morgan fingerprint density at radius 3 is 2.76 bits per heavy atom. The Hall–Kier alpha value is -2.14. The van der Waals surface area contributed by atoms with Crippen molar-refractivity contribution in [1.29, 1.82) is 0 Å². The summed E-state index contributed by atoms with van der Waals surface area (Å²) in [6.07, 6.45) is 5.41. The number of aromatic nitrogens is 2. The SMILES string of the molecule is O=C(CCCn1cccn1)NC(CO)Cc1ccccc1. The number of carbonyl (C=O) groups is 1. The van der Waals surface area contributed by atoms with E-state index in [0.717, 1.165) is 18.5 Å². The Morgan fingerprint density at radius 2 is 2.10 bits per heavy atom. The molecular weight excluding hydrogens is 266 g/mol. The third kappa shape index (κ3) is 5.39. The van der Waals surface area contributed by atoms with E-state index in [2.05, 4.69) is 10.4 Å². The predicted octanol–water partition coefficient (Wildman–Crippen LogP) is 1.38. The van der Waals surface area contributed by atoms with Gasteiger partial charge in [0.15, 0.2) is 0 Å². The smallest absolute Gasteiger partial charge is 0.220 e. The summed E-state index contributed by atoms with van der Waals surface area (Å²) in [5.41, 5.74) is 1.10. The highest BCUT2D eigenvalue weighted by Gasteiger charge is 2.11. The number of nitrogens with zero attached hydrogens (tertiary/aromatic N) is 2. The Bertz CT molecular complexity index is 526. The third-order valence-electron chi connectivity index (χ3n) is 3.26. The fourth-order valence-corrected chi connectivity index (χ4v) is 2.19. The van der Waals surface area contributed by atoms with E-state index in [1.54, 1.807) is 10.9 Å². The molecule has 1 amide bonds. The molecule has 1 heterocycles. The van der Waals surface area contributed by atoms with Gasteiger partial charge in [0.05, 0.1) is 12.6 Å². The lowest BCUT2D eigenvalue weighted by atomic mass is 10.1. The first kappa shape index (κ1) is 15.3. The normalized spacial score (nSPS) is 12.0. The summed E-state index contributed by atoms with van der Waals surface area (Å²) in [5.74, 6) is -0.0304. The van der Waals surface area contributed by atoms with Crippen LogP contribution in [0.1, 0.15) is 18.4 Å². The molecule has 2 rings (SSSR count). The highest BCUT2D eigenvalue weighted by molar-refractivity contribution is 5.76. The number of aliphatic hydroxyl groups is 1. The van der Waals surface area contributed by atoms with E-state index in [4.69, 9.17) is 0 Å². The van der Waals surface area contributed by atoms with Gasteiger partial charge in [-0.15, -0.1) is 0 Å². The summed E-state index contributed by atoms with van der Waals surface area (Å²) in [5, 5.41) is 16.4. The van der Waals surface area contributed by atoms with Gasteiger partial charge in [0.2, 0.25) is 5.91 Å². The molecule has 0 aliphatic rings. The summed E-state index contributed by atoms with van der Waals surface area (Å²) in [7, 11) is 0.